The summed E-state index contributed by atoms with van der Waals surface area (Å²) in [6.07, 6.45) is 0. The van der Waals surface area contributed by atoms with E-state index in [-0.39, 0.29) is 11.9 Å². The minimum Gasteiger partial charge on any atom is -0.335 e. The first-order valence-corrected chi connectivity index (χ1v) is 5.77. The maximum absolute atomic E-state index is 11.5. The third kappa shape index (κ3) is 1.68. The second-order valence-electron chi connectivity index (χ2n) is 4.46. The van der Waals surface area contributed by atoms with Crippen LogP contribution in [0.25, 0.3) is 10.8 Å². The van der Waals surface area contributed by atoms with Crippen LogP contribution in [0.1, 0.15) is 5.56 Å². The van der Waals surface area contributed by atoms with Crippen LogP contribution in [0.15, 0.2) is 42.5 Å². The highest BCUT2D eigenvalue weighted by molar-refractivity contribution is 5.89. The van der Waals surface area contributed by atoms with Gasteiger partial charge in [0.2, 0.25) is 5.91 Å². The summed E-state index contributed by atoms with van der Waals surface area (Å²) in [4.78, 5) is 13.3. The molecule has 17 heavy (non-hydrogen) atoms. The number of fused-ring (bicyclic) bond motifs is 1. The number of carbonyl (C=O) groups is 1. The zero-order valence-corrected chi connectivity index (χ0v) is 9.47. The lowest BCUT2D eigenvalue weighted by molar-refractivity contribution is -0.143. The van der Waals surface area contributed by atoms with E-state index in [1.165, 1.54) is 16.3 Å². The molecule has 1 amide bonds. The highest BCUT2D eigenvalue weighted by Crippen LogP contribution is 2.22. The predicted molar refractivity (Wildman–Crippen MR) is 67.3 cm³/mol. The Hall–Kier alpha value is -1.87. The largest absolute Gasteiger partial charge is 0.335 e. The lowest BCUT2D eigenvalue weighted by Gasteiger charge is -2.36. The van der Waals surface area contributed by atoms with Gasteiger partial charge in [0.15, 0.2) is 0 Å². The summed E-state index contributed by atoms with van der Waals surface area (Å²) in [6.45, 7) is 1.33. The van der Waals surface area contributed by atoms with E-state index in [9.17, 15) is 4.79 Å². The molecule has 0 aliphatic carbocycles. The quantitative estimate of drug-likeness (QED) is 0.789. The fraction of sp³-hybridized carbons (Fsp3) is 0.214. The second-order valence-corrected chi connectivity index (χ2v) is 4.46. The summed E-state index contributed by atoms with van der Waals surface area (Å²) in [5.41, 5.74) is 6.77. The van der Waals surface area contributed by atoms with E-state index < -0.39 is 0 Å². The minimum absolute atomic E-state index is 0.0536. The number of likely N-dealkylation sites (tertiary alicyclic amines) is 1. The van der Waals surface area contributed by atoms with Gasteiger partial charge in [-0.15, -0.1) is 0 Å². The SMILES string of the molecule is NC1CN(Cc2cccc3ccccc23)C1=O. The van der Waals surface area contributed by atoms with Gasteiger partial charge in [-0.3, -0.25) is 4.79 Å². The highest BCUT2D eigenvalue weighted by Gasteiger charge is 2.33. The number of benzene rings is 2. The lowest BCUT2D eigenvalue weighted by Crippen LogP contribution is -2.60. The van der Waals surface area contributed by atoms with Crippen molar-refractivity contribution in [2.45, 2.75) is 12.6 Å². The molecule has 1 saturated heterocycles. The molecule has 0 spiro atoms. The molecule has 0 aromatic heterocycles. The van der Waals surface area contributed by atoms with Crippen molar-refractivity contribution in [2.24, 2.45) is 5.73 Å². The molecule has 1 unspecified atom stereocenters. The Kier molecular flexibility index (Phi) is 2.34. The van der Waals surface area contributed by atoms with E-state index in [1.807, 2.05) is 18.2 Å². The molecule has 2 N–H and O–H groups in total. The highest BCUT2D eigenvalue weighted by atomic mass is 16.2. The number of nitrogens with zero attached hydrogens (tertiary/aromatic N) is 1. The van der Waals surface area contributed by atoms with Crippen LogP contribution in [0, 0.1) is 0 Å². The Morgan fingerprint density at radius 3 is 2.71 bits per heavy atom. The van der Waals surface area contributed by atoms with Gasteiger partial charge in [-0.05, 0) is 16.3 Å². The Bertz CT molecular complexity index is 574. The van der Waals surface area contributed by atoms with Crippen LogP contribution in [-0.4, -0.2) is 23.4 Å². The summed E-state index contributed by atoms with van der Waals surface area (Å²) in [7, 11) is 0. The van der Waals surface area contributed by atoms with Crippen LogP contribution in [0.3, 0.4) is 0 Å². The van der Waals surface area contributed by atoms with Crippen molar-refractivity contribution in [1.82, 2.24) is 4.90 Å². The molecular weight excluding hydrogens is 212 g/mol. The molecule has 2 aromatic rings. The van der Waals surface area contributed by atoms with Crippen molar-refractivity contribution in [1.29, 1.82) is 0 Å². The average molecular weight is 226 g/mol. The Balaban J connectivity index is 1.93. The molecular formula is C14H14N2O. The van der Waals surface area contributed by atoms with Gasteiger partial charge in [0.1, 0.15) is 6.04 Å². The molecule has 0 bridgehead atoms. The van der Waals surface area contributed by atoms with E-state index in [4.69, 9.17) is 5.73 Å². The summed E-state index contributed by atoms with van der Waals surface area (Å²) < 4.78 is 0. The number of hydrogen-bond donors (Lipinski definition) is 1. The maximum Gasteiger partial charge on any atom is 0.241 e. The van der Waals surface area contributed by atoms with Crippen molar-refractivity contribution in [3.8, 4) is 0 Å². The van der Waals surface area contributed by atoms with Crippen LogP contribution in [0.4, 0.5) is 0 Å². The van der Waals surface area contributed by atoms with E-state index in [0.717, 1.165) is 0 Å². The third-order valence-electron chi connectivity index (χ3n) is 3.29. The fourth-order valence-corrected chi connectivity index (χ4v) is 2.31. The average Bonchev–Trinajstić information content (AvgIpc) is 2.38. The maximum atomic E-state index is 11.5. The monoisotopic (exact) mass is 226 g/mol. The minimum atomic E-state index is -0.287. The van der Waals surface area contributed by atoms with Crippen LogP contribution < -0.4 is 5.73 Å². The molecule has 2 aromatic carbocycles. The van der Waals surface area contributed by atoms with Gasteiger partial charge in [-0.2, -0.15) is 0 Å². The molecule has 1 fully saturated rings. The van der Waals surface area contributed by atoms with Crippen molar-refractivity contribution < 1.29 is 4.79 Å². The topological polar surface area (TPSA) is 46.3 Å². The number of nitrogens with two attached hydrogens (primary N) is 1. The van der Waals surface area contributed by atoms with Crippen molar-refractivity contribution in [3.05, 3.63) is 48.0 Å². The normalized spacial score (nSPS) is 19.5. The first kappa shape index (κ1) is 10.3. The van der Waals surface area contributed by atoms with Crippen LogP contribution in [-0.2, 0) is 11.3 Å². The van der Waals surface area contributed by atoms with Crippen molar-refractivity contribution >= 4 is 16.7 Å². The van der Waals surface area contributed by atoms with Crippen molar-refractivity contribution in [3.63, 3.8) is 0 Å². The summed E-state index contributed by atoms with van der Waals surface area (Å²) in [6, 6.07) is 14.1. The third-order valence-corrected chi connectivity index (χ3v) is 3.29. The van der Waals surface area contributed by atoms with Crippen LogP contribution in [0.2, 0.25) is 0 Å². The van der Waals surface area contributed by atoms with E-state index >= 15 is 0 Å². The summed E-state index contributed by atoms with van der Waals surface area (Å²) in [5.74, 6) is 0.0536. The Morgan fingerprint density at radius 2 is 1.94 bits per heavy atom. The lowest BCUT2D eigenvalue weighted by atomic mass is 10.0. The standard InChI is InChI=1S/C14H14N2O/c15-13-9-16(14(13)17)8-11-6-3-5-10-4-1-2-7-12(10)11/h1-7,13H,8-9,15H2. The zero-order chi connectivity index (χ0) is 11.8. The number of rotatable bonds is 2. The van der Waals surface area contributed by atoms with Gasteiger partial charge in [0.25, 0.3) is 0 Å². The first-order chi connectivity index (χ1) is 8.25. The molecule has 1 aliphatic heterocycles. The smallest absolute Gasteiger partial charge is 0.241 e. The first-order valence-electron chi connectivity index (χ1n) is 5.77. The predicted octanol–water partition coefficient (Wildman–Crippen LogP) is 1.51. The van der Waals surface area contributed by atoms with Crippen molar-refractivity contribution in [2.75, 3.05) is 6.54 Å². The Labute approximate surface area is 99.8 Å². The molecule has 0 saturated carbocycles. The molecule has 1 atom stereocenters. The molecule has 3 nitrogen and oxygen atoms in total. The number of amides is 1. The van der Waals surface area contributed by atoms with Gasteiger partial charge in [-0.1, -0.05) is 42.5 Å². The summed E-state index contributed by atoms with van der Waals surface area (Å²) >= 11 is 0. The van der Waals surface area contributed by atoms with Gasteiger partial charge >= 0.3 is 0 Å². The van der Waals surface area contributed by atoms with E-state index in [1.54, 1.807) is 4.90 Å². The van der Waals surface area contributed by atoms with Crippen LogP contribution in [0.5, 0.6) is 0 Å². The zero-order valence-electron chi connectivity index (χ0n) is 9.47. The van der Waals surface area contributed by atoms with E-state index in [2.05, 4.69) is 24.3 Å². The molecule has 86 valence electrons. The number of hydrogen-bond acceptors (Lipinski definition) is 2. The van der Waals surface area contributed by atoms with Gasteiger partial charge in [-0.25, -0.2) is 0 Å². The Morgan fingerprint density at radius 1 is 1.18 bits per heavy atom. The number of β-lactam (4-membered cyclic amide) rings is 1. The fourth-order valence-electron chi connectivity index (χ4n) is 2.31. The molecule has 1 heterocycles. The molecule has 1 aliphatic rings. The van der Waals surface area contributed by atoms with Crippen LogP contribution >= 0.6 is 0 Å². The second kappa shape index (κ2) is 3.86. The molecule has 3 rings (SSSR count). The number of carbonyl (C=O) groups excluding carboxylic acids is 1. The summed E-state index contributed by atoms with van der Waals surface area (Å²) in [5, 5.41) is 2.42. The van der Waals surface area contributed by atoms with E-state index in [0.29, 0.717) is 13.1 Å². The van der Waals surface area contributed by atoms with Gasteiger partial charge in [0, 0.05) is 13.1 Å². The molecule has 3 heteroatoms. The van der Waals surface area contributed by atoms with Gasteiger partial charge < -0.3 is 10.6 Å². The molecule has 0 radical (unpaired) electrons. The van der Waals surface area contributed by atoms with Gasteiger partial charge in [0.05, 0.1) is 0 Å².